The second-order valence-corrected chi connectivity index (χ2v) is 11.9. The summed E-state index contributed by atoms with van der Waals surface area (Å²) in [4.78, 5) is 27.2. The number of nitrogens with zero attached hydrogens (tertiary/aromatic N) is 2. The number of aromatic nitrogens is 2. The number of Topliss-reactive ketones (excluding diaryl/α,β-unsaturated/α-hetero) is 1. The Morgan fingerprint density at radius 2 is 1.33 bits per heavy atom. The van der Waals surface area contributed by atoms with Gasteiger partial charge in [0.25, 0.3) is 0 Å². The van der Waals surface area contributed by atoms with E-state index in [0.717, 1.165) is 22.9 Å². The first-order chi connectivity index (χ1) is 20.3. The lowest BCUT2D eigenvalue weighted by Gasteiger charge is -2.23. The third kappa shape index (κ3) is 7.59. The smallest absolute Gasteiger partial charge is 0.336 e. The third-order valence-electron chi connectivity index (χ3n) is 6.64. The third-order valence-corrected chi connectivity index (χ3v) is 7.20. The van der Waals surface area contributed by atoms with Crippen LogP contribution in [0.25, 0.3) is 16.6 Å². The number of aryl methyl sites for hydroxylation is 2. The number of hydrogen-bond donors (Lipinski definition) is 1. The van der Waals surface area contributed by atoms with E-state index in [1.807, 2.05) is 61.5 Å². The predicted octanol–water partition coefficient (Wildman–Crippen LogP) is 7.63. The number of carbonyl (C=O) groups excluding carboxylic acids is 1. The molecule has 1 N–H and O–H groups in total. The lowest BCUT2D eigenvalue weighted by Crippen LogP contribution is -2.16. The van der Waals surface area contributed by atoms with Gasteiger partial charge in [0, 0.05) is 17.6 Å². The molecular weight excluding hydrogens is 564 g/mol. The lowest BCUT2D eigenvalue weighted by atomic mass is 9.88. The molecule has 0 saturated heterocycles. The van der Waals surface area contributed by atoms with Gasteiger partial charge >= 0.3 is 5.97 Å². The van der Waals surface area contributed by atoms with Crippen molar-refractivity contribution in [1.82, 2.24) is 8.75 Å². The number of fused-ring (bicyclic) bond motifs is 1. The molecule has 3 aromatic carbocycles. The van der Waals surface area contributed by atoms with Gasteiger partial charge in [0.1, 0.15) is 11.0 Å². The fourth-order valence-electron chi connectivity index (χ4n) is 4.68. The number of benzene rings is 3. The van der Waals surface area contributed by atoms with Gasteiger partial charge in [-0.15, -0.1) is 0 Å². The number of rotatable bonds is 12. The normalized spacial score (nSPS) is 12.2. The monoisotopic (exact) mass is 602 g/mol. The SMILES string of the molecule is Cc1ccc(C(=O)/C(Cc2cc(OC(C)C)c(OC(C)C)c(OC(C)C)c2)=C(/C(=O)O)c2ccc3nsnc3c2)cc1C. The quantitative estimate of drug-likeness (QED) is 0.130. The Labute approximate surface area is 256 Å². The van der Waals surface area contributed by atoms with Gasteiger partial charge in [-0.25, -0.2) is 4.79 Å². The molecule has 43 heavy (non-hydrogen) atoms. The first kappa shape index (κ1) is 31.7. The molecule has 8 nitrogen and oxygen atoms in total. The summed E-state index contributed by atoms with van der Waals surface area (Å²) in [7, 11) is 0. The van der Waals surface area contributed by atoms with Crippen molar-refractivity contribution in [2.24, 2.45) is 0 Å². The van der Waals surface area contributed by atoms with Gasteiger partial charge in [-0.3, -0.25) is 4.79 Å². The van der Waals surface area contributed by atoms with E-state index in [-0.39, 0.29) is 41.7 Å². The molecular formula is C34H38N2O6S. The van der Waals surface area contributed by atoms with Crippen molar-refractivity contribution in [1.29, 1.82) is 0 Å². The molecule has 0 unspecified atom stereocenters. The Hall–Kier alpha value is -4.24. The molecule has 0 amide bonds. The Bertz CT molecular complexity index is 1650. The van der Waals surface area contributed by atoms with E-state index in [1.165, 1.54) is 0 Å². The molecule has 0 bridgehead atoms. The van der Waals surface area contributed by atoms with Crippen LogP contribution in [0.15, 0.2) is 54.1 Å². The van der Waals surface area contributed by atoms with Crippen LogP contribution in [-0.2, 0) is 11.2 Å². The molecule has 0 aliphatic heterocycles. The van der Waals surface area contributed by atoms with E-state index in [2.05, 4.69) is 8.75 Å². The van der Waals surface area contributed by atoms with Gasteiger partial charge < -0.3 is 19.3 Å². The summed E-state index contributed by atoms with van der Waals surface area (Å²) in [5.41, 5.74) is 4.65. The van der Waals surface area contributed by atoms with Crippen molar-refractivity contribution in [2.75, 3.05) is 0 Å². The zero-order valence-electron chi connectivity index (χ0n) is 25.8. The number of carbonyl (C=O) groups is 2. The predicted molar refractivity (Wildman–Crippen MR) is 170 cm³/mol. The Morgan fingerprint density at radius 1 is 0.744 bits per heavy atom. The minimum atomic E-state index is -1.22. The van der Waals surface area contributed by atoms with Gasteiger partial charge in [-0.05, 0) is 108 Å². The second-order valence-electron chi connectivity index (χ2n) is 11.4. The molecule has 4 rings (SSSR count). The van der Waals surface area contributed by atoms with Gasteiger partial charge in [0.15, 0.2) is 17.3 Å². The maximum atomic E-state index is 14.2. The molecule has 0 aliphatic carbocycles. The average Bonchev–Trinajstić information content (AvgIpc) is 3.38. The summed E-state index contributed by atoms with van der Waals surface area (Å²) < 4.78 is 27.0. The van der Waals surface area contributed by atoms with Crippen LogP contribution in [0.4, 0.5) is 0 Å². The van der Waals surface area contributed by atoms with E-state index in [1.54, 1.807) is 42.5 Å². The Kier molecular flexibility index (Phi) is 9.86. The zero-order chi connectivity index (χ0) is 31.4. The highest BCUT2D eigenvalue weighted by molar-refractivity contribution is 7.00. The number of ketones is 1. The first-order valence-electron chi connectivity index (χ1n) is 14.3. The molecule has 9 heteroatoms. The van der Waals surface area contributed by atoms with Gasteiger partial charge in [0.2, 0.25) is 5.75 Å². The van der Waals surface area contributed by atoms with Crippen molar-refractivity contribution in [3.63, 3.8) is 0 Å². The van der Waals surface area contributed by atoms with E-state index in [4.69, 9.17) is 14.2 Å². The highest BCUT2D eigenvalue weighted by Gasteiger charge is 2.27. The summed E-state index contributed by atoms with van der Waals surface area (Å²) in [6.45, 7) is 15.4. The van der Waals surface area contributed by atoms with Crippen molar-refractivity contribution in [2.45, 2.75) is 80.1 Å². The fraction of sp³-hybridized carbons (Fsp3) is 0.353. The zero-order valence-corrected chi connectivity index (χ0v) is 26.7. The second kappa shape index (κ2) is 13.4. The molecule has 4 aromatic rings. The number of aliphatic carboxylic acids is 1. The van der Waals surface area contributed by atoms with E-state index < -0.39 is 5.97 Å². The summed E-state index contributed by atoms with van der Waals surface area (Å²) in [5, 5.41) is 10.6. The van der Waals surface area contributed by atoms with Crippen molar-refractivity contribution < 1.29 is 28.9 Å². The molecule has 0 atom stereocenters. The molecule has 0 saturated carbocycles. The van der Waals surface area contributed by atoms with Gasteiger partial charge in [0.05, 0.1) is 35.6 Å². The minimum absolute atomic E-state index is 0.00557. The standard InChI is InChI=1S/C34H38N2O6S/c1-18(2)40-29-15-23(16-30(41-19(3)4)33(29)42-20(5)6)14-26(32(37)25-10-9-21(7)22(8)13-25)31(34(38)39)24-11-12-27-28(17-24)36-43-35-27/h9-13,15-20H,14H2,1-8H3,(H,38,39)/b31-26+. The maximum absolute atomic E-state index is 14.2. The number of carboxylic acid groups (broad SMARTS) is 1. The number of allylic oxidation sites excluding steroid dienone is 1. The van der Waals surface area contributed by atoms with E-state index >= 15 is 0 Å². The molecule has 226 valence electrons. The summed E-state index contributed by atoms with van der Waals surface area (Å²) in [6.07, 6.45) is -0.481. The van der Waals surface area contributed by atoms with Crippen LogP contribution in [0.1, 0.15) is 74.2 Å². The highest BCUT2D eigenvalue weighted by Crippen LogP contribution is 2.42. The topological polar surface area (TPSA) is 108 Å². The summed E-state index contributed by atoms with van der Waals surface area (Å²) in [6, 6.07) is 14.0. The summed E-state index contributed by atoms with van der Waals surface area (Å²) in [5.74, 6) is -0.209. The van der Waals surface area contributed by atoms with Crippen LogP contribution in [-0.4, -0.2) is 43.9 Å². The molecule has 0 radical (unpaired) electrons. The van der Waals surface area contributed by atoms with Crippen LogP contribution in [0.3, 0.4) is 0 Å². The van der Waals surface area contributed by atoms with Crippen molar-refractivity contribution in [3.8, 4) is 17.2 Å². The molecule has 1 heterocycles. The van der Waals surface area contributed by atoms with Gasteiger partial charge in [-0.2, -0.15) is 8.75 Å². The van der Waals surface area contributed by atoms with Crippen LogP contribution >= 0.6 is 11.7 Å². The number of hydrogen-bond acceptors (Lipinski definition) is 8. The Morgan fingerprint density at radius 3 is 1.88 bits per heavy atom. The fourth-order valence-corrected chi connectivity index (χ4v) is 5.19. The maximum Gasteiger partial charge on any atom is 0.336 e. The van der Waals surface area contributed by atoms with Crippen LogP contribution in [0.2, 0.25) is 0 Å². The van der Waals surface area contributed by atoms with E-state index in [9.17, 15) is 14.7 Å². The average molecular weight is 603 g/mol. The largest absolute Gasteiger partial charge is 0.487 e. The van der Waals surface area contributed by atoms with E-state index in [0.29, 0.717) is 45.0 Å². The minimum Gasteiger partial charge on any atom is -0.487 e. The first-order valence-corrected chi connectivity index (χ1v) is 15.0. The highest BCUT2D eigenvalue weighted by atomic mass is 32.1. The molecule has 0 spiro atoms. The van der Waals surface area contributed by atoms with Crippen molar-refractivity contribution >= 4 is 40.1 Å². The van der Waals surface area contributed by atoms with Crippen LogP contribution in [0, 0.1) is 13.8 Å². The molecule has 0 aliphatic rings. The Balaban J connectivity index is 1.97. The molecule has 1 aromatic heterocycles. The molecule has 0 fully saturated rings. The summed E-state index contributed by atoms with van der Waals surface area (Å²) >= 11 is 1.05. The number of carboxylic acids is 1. The van der Waals surface area contributed by atoms with Crippen LogP contribution < -0.4 is 14.2 Å². The van der Waals surface area contributed by atoms with Crippen molar-refractivity contribution in [3.05, 3.63) is 81.9 Å². The van der Waals surface area contributed by atoms with Gasteiger partial charge in [-0.1, -0.05) is 18.2 Å². The number of ether oxygens (including phenoxy) is 3. The van der Waals surface area contributed by atoms with Crippen LogP contribution in [0.5, 0.6) is 17.2 Å². The lowest BCUT2D eigenvalue weighted by molar-refractivity contribution is -0.130.